The Balaban J connectivity index is 0.00000408. The summed E-state index contributed by atoms with van der Waals surface area (Å²) < 4.78 is 97.5. The van der Waals surface area contributed by atoms with Crippen LogP contribution in [0.25, 0.3) is 0 Å². The van der Waals surface area contributed by atoms with Gasteiger partial charge in [0.15, 0.2) is 11.6 Å². The molecular weight excluding hydrogens is 581 g/mol. The Labute approximate surface area is 270 Å². The molecule has 5 N–H and O–H groups in total. The van der Waals surface area contributed by atoms with Crippen molar-refractivity contribution in [3.8, 4) is 11.5 Å². The summed E-state index contributed by atoms with van der Waals surface area (Å²) in [6, 6.07) is 0.589. The number of anilines is 2. The molecule has 21 heteroatoms. The molecule has 36 heavy (non-hydrogen) atoms. The van der Waals surface area contributed by atoms with Gasteiger partial charge in [0.1, 0.15) is 16.0 Å². The first-order valence-corrected chi connectivity index (χ1v) is 12.5. The van der Waals surface area contributed by atoms with Crippen LogP contribution in [0.4, 0.5) is 11.4 Å². The van der Waals surface area contributed by atoms with Gasteiger partial charge in [0.25, 0.3) is 20.2 Å². The number of benzene rings is 2. The fourth-order valence-electron chi connectivity index (χ4n) is 3.15. The van der Waals surface area contributed by atoms with Gasteiger partial charge in [0.05, 0.1) is 20.9 Å². The number of nitrogens with one attached hydrogen (secondary N) is 1. The van der Waals surface area contributed by atoms with Crippen LogP contribution >= 0.6 is 0 Å². The summed E-state index contributed by atoms with van der Waals surface area (Å²) in [4.78, 5) is 23.2. The smallest absolute Gasteiger partial charge is 0.871 e. The molecule has 15 nitrogen and oxygen atoms in total. The summed E-state index contributed by atoms with van der Waals surface area (Å²) in [6.45, 7) is 0. The van der Waals surface area contributed by atoms with Crippen LogP contribution in [0.5, 0.6) is 11.5 Å². The number of nitrogens with two attached hydrogens (primary N) is 1. The quantitative estimate of drug-likeness (QED) is 0.122. The van der Waals surface area contributed by atoms with Crippen molar-refractivity contribution in [2.24, 2.45) is 0 Å². The van der Waals surface area contributed by atoms with E-state index in [2.05, 4.69) is 0 Å². The molecule has 0 unspecified atom stereocenters. The molecule has 0 saturated heterocycles. The van der Waals surface area contributed by atoms with Crippen LogP contribution in [-0.4, -0.2) is 56.4 Å². The van der Waals surface area contributed by atoms with E-state index in [4.69, 9.17) is 5.73 Å². The monoisotopic (exact) mass is 590 g/mol. The number of carbonyl (C=O) groups is 2. The standard InChI is InChI=1S/C15H12N2O13S3.3Na/c16-4-1-6(32(25,26)27)12(18)10-8(4)14(20)11-9(15(10)21)5(17-3-31(22,23)24)2-7(13(11)19)33(28,29)30;;;/h1-2,17-19H,3,16H2,(H,22,23,24)(H,25,26,27)(H,28,29,30);;;/q;3*+1/p-3. The molecule has 0 amide bonds. The zero-order chi connectivity index (χ0) is 25.3. The minimum absolute atomic E-state index is 0. The molecule has 2 aromatic rings. The molecule has 1 aliphatic carbocycles. The molecule has 0 bridgehead atoms. The number of carbonyl (C=O) groups excluding carboxylic acids is 2. The third kappa shape index (κ3) is 6.64. The second-order valence-electron chi connectivity index (χ2n) is 6.53. The van der Waals surface area contributed by atoms with Gasteiger partial charge in [-0.25, -0.2) is 8.42 Å². The molecule has 0 spiro atoms. The largest absolute Gasteiger partial charge is 1.00 e. The van der Waals surface area contributed by atoms with E-state index in [1.54, 1.807) is 0 Å². The van der Waals surface area contributed by atoms with Crippen LogP contribution in [-0.2, 0) is 30.4 Å². The van der Waals surface area contributed by atoms with Crippen molar-refractivity contribution in [3.63, 3.8) is 0 Å². The van der Waals surface area contributed by atoms with E-state index in [0.29, 0.717) is 6.07 Å². The second kappa shape index (κ2) is 11.8. The van der Waals surface area contributed by atoms with Crippen LogP contribution in [0.2, 0.25) is 0 Å². The Bertz CT molecular complexity index is 1610. The SMILES string of the molecule is Nc1cc(S(=O)(=O)O)c([O-])c2c1C(=O)c1c([O-])c(S(=O)(=O)O)cc(NCS(=O)(=O)[O-])c1C2=O.[Na+].[Na+].[Na+]. The average Bonchev–Trinajstić information content (AvgIpc) is 2.63. The molecule has 0 aromatic heterocycles. The van der Waals surface area contributed by atoms with Gasteiger partial charge in [-0.1, -0.05) is 11.5 Å². The summed E-state index contributed by atoms with van der Waals surface area (Å²) in [7, 11) is -15.7. The first kappa shape index (κ1) is 35.7. The molecule has 0 aliphatic heterocycles. The van der Waals surface area contributed by atoms with Crippen molar-refractivity contribution < 1.29 is 147 Å². The van der Waals surface area contributed by atoms with Gasteiger partial charge >= 0.3 is 88.7 Å². The minimum atomic E-state index is -5.35. The molecule has 0 radical (unpaired) electrons. The molecule has 178 valence electrons. The number of rotatable bonds is 5. The van der Waals surface area contributed by atoms with Gasteiger partial charge in [0, 0.05) is 22.5 Å². The zero-order valence-electron chi connectivity index (χ0n) is 18.5. The summed E-state index contributed by atoms with van der Waals surface area (Å²) in [6.07, 6.45) is 0. The predicted octanol–water partition coefficient (Wildman–Crippen LogP) is -11.4. The molecule has 2 aromatic carbocycles. The summed E-state index contributed by atoms with van der Waals surface area (Å²) in [5, 5.41) is 27.0. The Kier molecular flexibility index (Phi) is 11.7. The van der Waals surface area contributed by atoms with Gasteiger partial charge in [0.2, 0.25) is 0 Å². The van der Waals surface area contributed by atoms with Crippen LogP contribution in [0.15, 0.2) is 21.9 Å². The van der Waals surface area contributed by atoms with E-state index in [1.165, 1.54) is 0 Å². The number of fused-ring (bicyclic) bond motifs is 2. The summed E-state index contributed by atoms with van der Waals surface area (Å²) in [5.74, 6) is -8.03. The van der Waals surface area contributed by atoms with Gasteiger partial charge in [-0.15, -0.1) is 0 Å². The molecule has 1 aliphatic rings. The first-order chi connectivity index (χ1) is 14.9. The fraction of sp³-hybridized carbons (Fsp3) is 0.0667. The Hall–Kier alpha value is -0.290. The van der Waals surface area contributed by atoms with Crippen molar-refractivity contribution in [2.45, 2.75) is 9.79 Å². The van der Waals surface area contributed by atoms with Gasteiger partial charge in [-0.05, 0) is 12.1 Å². The first-order valence-electron chi connectivity index (χ1n) is 8.09. The van der Waals surface area contributed by atoms with Crippen LogP contribution < -0.4 is 110 Å². The molecule has 0 heterocycles. The molecule has 0 saturated carbocycles. The molecule has 3 rings (SSSR count). The van der Waals surface area contributed by atoms with Crippen molar-refractivity contribution in [1.29, 1.82) is 0 Å². The van der Waals surface area contributed by atoms with Gasteiger partial charge in [-0.3, -0.25) is 18.7 Å². The van der Waals surface area contributed by atoms with E-state index >= 15 is 0 Å². The van der Waals surface area contributed by atoms with Crippen LogP contribution in [0, 0.1) is 0 Å². The van der Waals surface area contributed by atoms with E-state index < -0.39 is 103 Å². The van der Waals surface area contributed by atoms with Crippen molar-refractivity contribution in [3.05, 3.63) is 34.4 Å². The zero-order valence-corrected chi connectivity index (χ0v) is 27.0. The van der Waals surface area contributed by atoms with Crippen LogP contribution in [0.1, 0.15) is 31.8 Å². The van der Waals surface area contributed by atoms with Crippen LogP contribution in [0.3, 0.4) is 0 Å². The average molecular weight is 590 g/mol. The van der Waals surface area contributed by atoms with Crippen molar-refractivity contribution >= 4 is 53.3 Å². The Morgan fingerprint density at radius 2 is 1.14 bits per heavy atom. The normalized spacial score (nSPS) is 12.9. The Morgan fingerprint density at radius 1 is 0.750 bits per heavy atom. The third-order valence-electron chi connectivity index (χ3n) is 4.43. The van der Waals surface area contributed by atoms with Gasteiger partial charge in [-0.2, -0.15) is 16.8 Å². The van der Waals surface area contributed by atoms with E-state index in [-0.39, 0.29) is 94.7 Å². The van der Waals surface area contributed by atoms with E-state index in [0.717, 1.165) is 0 Å². The van der Waals surface area contributed by atoms with E-state index in [1.807, 2.05) is 5.32 Å². The maximum absolute atomic E-state index is 13.1. The van der Waals surface area contributed by atoms with Gasteiger partial charge < -0.3 is 25.8 Å². The number of nitrogen functional groups attached to an aromatic ring is 1. The third-order valence-corrected chi connectivity index (χ3v) is 6.64. The van der Waals surface area contributed by atoms with Crippen molar-refractivity contribution in [1.82, 2.24) is 0 Å². The number of hydrogen-bond donors (Lipinski definition) is 4. The Morgan fingerprint density at radius 3 is 1.56 bits per heavy atom. The summed E-state index contributed by atoms with van der Waals surface area (Å²) >= 11 is 0. The fourth-order valence-corrected chi connectivity index (χ4v) is 4.70. The molecule has 0 atom stereocenters. The predicted molar refractivity (Wildman–Crippen MR) is 101 cm³/mol. The maximum Gasteiger partial charge on any atom is 1.00 e. The maximum atomic E-state index is 13.1. The minimum Gasteiger partial charge on any atom is -0.871 e. The second-order valence-corrected chi connectivity index (χ2v) is 10.7. The van der Waals surface area contributed by atoms with E-state index in [9.17, 15) is 58.7 Å². The van der Waals surface area contributed by atoms with Crippen molar-refractivity contribution in [2.75, 3.05) is 16.9 Å². The number of ketones is 2. The molecule has 0 fully saturated rings. The topological polar surface area (TPSA) is 284 Å². The number of hydrogen-bond acceptors (Lipinski definition) is 13. The molecular formula is C15H9N2Na3O13S3. The summed E-state index contributed by atoms with van der Waals surface area (Å²) in [5.41, 5.74) is -0.776.